The van der Waals surface area contributed by atoms with Crippen molar-refractivity contribution in [3.8, 4) is 5.75 Å². The molecule has 9 nitrogen and oxygen atoms in total. The van der Waals surface area contributed by atoms with Gasteiger partial charge < -0.3 is 24.8 Å². The molecule has 0 radical (unpaired) electrons. The van der Waals surface area contributed by atoms with Crippen molar-refractivity contribution in [1.29, 1.82) is 0 Å². The van der Waals surface area contributed by atoms with E-state index >= 15 is 0 Å². The molecule has 3 amide bonds. The van der Waals surface area contributed by atoms with Crippen LogP contribution in [0, 0.1) is 5.92 Å². The summed E-state index contributed by atoms with van der Waals surface area (Å²) in [5, 5.41) is 13.4. The predicted molar refractivity (Wildman–Crippen MR) is 142 cm³/mol. The van der Waals surface area contributed by atoms with Gasteiger partial charge in [0.25, 0.3) is 11.5 Å². The van der Waals surface area contributed by atoms with Crippen LogP contribution in [0.1, 0.15) is 61.6 Å². The van der Waals surface area contributed by atoms with Crippen molar-refractivity contribution < 1.29 is 23.9 Å². The molecule has 0 saturated heterocycles. The molecule has 1 atom stereocenters. The first-order chi connectivity index (χ1) is 17.8. The van der Waals surface area contributed by atoms with Crippen LogP contribution in [-0.2, 0) is 16.0 Å². The number of rotatable bonds is 6. The molecule has 1 fully saturated rings. The maximum Gasteiger partial charge on any atom is 0.312 e. The average Bonchev–Trinajstić information content (AvgIpc) is 2.89. The Morgan fingerprint density at radius 2 is 1.84 bits per heavy atom. The fourth-order valence-corrected chi connectivity index (χ4v) is 5.45. The van der Waals surface area contributed by atoms with Crippen molar-refractivity contribution >= 4 is 17.7 Å². The van der Waals surface area contributed by atoms with Crippen molar-refractivity contribution in [2.75, 3.05) is 27.7 Å². The number of pyridine rings is 1. The van der Waals surface area contributed by atoms with E-state index in [1.807, 2.05) is 6.92 Å². The number of halogens is 1. The summed E-state index contributed by atoms with van der Waals surface area (Å²) in [6.45, 7) is 7.24. The number of likely N-dealkylation sites (N-methyl/N-ethyl adjacent to an activating group) is 2. The second-order valence-electron chi connectivity index (χ2n) is 10.5. The smallest absolute Gasteiger partial charge is 0.312 e. The lowest BCUT2D eigenvalue weighted by molar-refractivity contribution is -0.154. The third-order valence-corrected chi connectivity index (χ3v) is 7.94. The normalized spacial score (nSPS) is 22.8. The Bertz CT molecular complexity index is 1250. The first kappa shape index (κ1) is 28.9. The van der Waals surface area contributed by atoms with Crippen LogP contribution in [0.4, 0.5) is 4.39 Å². The molecule has 2 aliphatic heterocycles. The van der Waals surface area contributed by atoms with Gasteiger partial charge in [-0.25, -0.2) is 4.39 Å². The van der Waals surface area contributed by atoms with Crippen LogP contribution < -0.4 is 10.9 Å². The number of nitrogens with zero attached hydrogens (tertiary/aromatic N) is 3. The fourth-order valence-electron chi connectivity index (χ4n) is 5.45. The van der Waals surface area contributed by atoms with Gasteiger partial charge in [-0.05, 0) is 63.2 Å². The molecule has 38 heavy (non-hydrogen) atoms. The minimum atomic E-state index is -0.714. The van der Waals surface area contributed by atoms with E-state index in [0.717, 1.165) is 12.8 Å². The second kappa shape index (κ2) is 11.4. The van der Waals surface area contributed by atoms with E-state index in [2.05, 4.69) is 11.9 Å². The molecule has 1 aromatic rings. The number of carbonyl (C=O) groups excluding carboxylic acids is 3. The van der Waals surface area contributed by atoms with Crippen LogP contribution in [0.25, 0.3) is 0 Å². The lowest BCUT2D eigenvalue weighted by Gasteiger charge is -2.50. The quantitative estimate of drug-likeness (QED) is 0.436. The Hall–Kier alpha value is -3.69. The second-order valence-corrected chi connectivity index (χ2v) is 10.5. The maximum atomic E-state index is 13.4. The summed E-state index contributed by atoms with van der Waals surface area (Å²) >= 11 is 0. The van der Waals surface area contributed by atoms with E-state index in [1.54, 1.807) is 14.0 Å². The zero-order valence-electron chi connectivity index (χ0n) is 22.7. The van der Waals surface area contributed by atoms with E-state index < -0.39 is 40.4 Å². The third-order valence-electron chi connectivity index (χ3n) is 7.94. The zero-order chi connectivity index (χ0) is 28.4. The van der Waals surface area contributed by atoms with E-state index in [-0.39, 0.29) is 30.5 Å². The highest BCUT2D eigenvalue weighted by Crippen LogP contribution is 2.45. The molecule has 1 saturated carbocycles. The van der Waals surface area contributed by atoms with E-state index in [0.29, 0.717) is 24.1 Å². The van der Waals surface area contributed by atoms with Crippen molar-refractivity contribution in [2.45, 2.75) is 57.5 Å². The molecule has 3 heterocycles. The molecule has 10 heteroatoms. The van der Waals surface area contributed by atoms with Crippen LogP contribution in [0.2, 0.25) is 0 Å². The summed E-state index contributed by atoms with van der Waals surface area (Å²) < 4.78 is 14.8. The van der Waals surface area contributed by atoms with Crippen molar-refractivity contribution in [3.05, 3.63) is 63.9 Å². The lowest BCUT2D eigenvalue weighted by atomic mass is 9.69. The number of aromatic nitrogens is 1. The van der Waals surface area contributed by atoms with Gasteiger partial charge >= 0.3 is 11.8 Å². The number of carbonyl (C=O) groups is 3. The summed E-state index contributed by atoms with van der Waals surface area (Å²) in [7, 11) is 4.65. The maximum absolute atomic E-state index is 13.4. The molecule has 1 aromatic heterocycles. The van der Waals surface area contributed by atoms with E-state index in [4.69, 9.17) is 0 Å². The van der Waals surface area contributed by atoms with Gasteiger partial charge in [-0.3, -0.25) is 19.2 Å². The highest BCUT2D eigenvalue weighted by Gasteiger charge is 2.46. The Morgan fingerprint density at radius 3 is 2.42 bits per heavy atom. The number of hydrogen-bond donors (Lipinski definition) is 2. The van der Waals surface area contributed by atoms with Crippen LogP contribution in [0.5, 0.6) is 5.75 Å². The molecule has 1 unspecified atom stereocenters. The number of fused-ring (bicyclic) bond motifs is 2. The van der Waals surface area contributed by atoms with Gasteiger partial charge in [-0.2, -0.15) is 0 Å². The van der Waals surface area contributed by atoms with Crippen LogP contribution >= 0.6 is 0 Å². The standard InChI is InChI=1S/C28H37FN4O5/c1-7-20(29)9-8-17(2)16-30-24(35)22-14-21-15-28(32(6)27(38)26(37)31(4)5)12-10-19(11-13-28)18(3)33(21)25(36)23(22)34/h7-9,14,18-19,34H,2,10-13,15-16H2,1,3-6H3,(H,30,35). The molecule has 2 N–H and O–H groups in total. The topological polar surface area (TPSA) is 112 Å². The Labute approximate surface area is 222 Å². The summed E-state index contributed by atoms with van der Waals surface area (Å²) in [5.74, 6) is -2.90. The lowest BCUT2D eigenvalue weighted by Crippen LogP contribution is -2.58. The zero-order valence-corrected chi connectivity index (χ0v) is 22.7. The number of aromatic hydroxyl groups is 1. The third kappa shape index (κ3) is 5.58. The molecular weight excluding hydrogens is 491 g/mol. The molecule has 3 aliphatic rings. The van der Waals surface area contributed by atoms with Gasteiger partial charge in [0.05, 0.1) is 5.56 Å². The molecule has 0 spiro atoms. The van der Waals surface area contributed by atoms with Crippen LogP contribution in [0.3, 0.4) is 0 Å². The van der Waals surface area contributed by atoms with Crippen LogP contribution in [0.15, 0.2) is 47.1 Å². The van der Waals surface area contributed by atoms with Gasteiger partial charge in [-0.1, -0.05) is 18.7 Å². The Kier molecular flexibility index (Phi) is 8.64. The molecule has 0 aromatic carbocycles. The summed E-state index contributed by atoms with van der Waals surface area (Å²) in [5.41, 5.74) is -0.632. The van der Waals surface area contributed by atoms with Crippen molar-refractivity contribution in [1.82, 2.24) is 19.7 Å². The van der Waals surface area contributed by atoms with E-state index in [1.165, 1.54) is 52.8 Å². The molecular formula is C28H37FN4O5. The number of amides is 3. The monoisotopic (exact) mass is 528 g/mol. The molecule has 4 rings (SSSR count). The van der Waals surface area contributed by atoms with Crippen molar-refractivity contribution in [2.24, 2.45) is 5.92 Å². The van der Waals surface area contributed by atoms with Gasteiger partial charge in [0.2, 0.25) is 0 Å². The summed E-state index contributed by atoms with van der Waals surface area (Å²) in [6.07, 6.45) is 7.00. The van der Waals surface area contributed by atoms with Gasteiger partial charge in [0.15, 0.2) is 5.75 Å². The Morgan fingerprint density at radius 1 is 1.21 bits per heavy atom. The van der Waals surface area contributed by atoms with Gasteiger partial charge in [0, 0.05) is 51.4 Å². The predicted octanol–water partition coefficient (Wildman–Crippen LogP) is 2.86. The summed E-state index contributed by atoms with van der Waals surface area (Å²) in [4.78, 5) is 54.6. The van der Waals surface area contributed by atoms with Crippen molar-refractivity contribution in [3.63, 3.8) is 0 Å². The number of allylic oxidation sites excluding steroid dienone is 3. The first-order valence-electron chi connectivity index (χ1n) is 12.8. The minimum absolute atomic E-state index is 0.0174. The van der Waals surface area contributed by atoms with Gasteiger partial charge in [0.1, 0.15) is 5.83 Å². The minimum Gasteiger partial charge on any atom is -0.502 e. The highest BCUT2D eigenvalue weighted by molar-refractivity contribution is 6.34. The molecule has 206 valence electrons. The molecule has 2 bridgehead atoms. The fraction of sp³-hybridized carbons (Fsp3) is 0.500. The van der Waals surface area contributed by atoms with Gasteiger partial charge in [-0.15, -0.1) is 0 Å². The van der Waals surface area contributed by atoms with Crippen LogP contribution in [-0.4, -0.2) is 70.4 Å². The first-order valence-corrected chi connectivity index (χ1v) is 12.8. The molecule has 1 aliphatic carbocycles. The SMILES string of the molecule is C=C(C=CC(F)=CC)CNC(=O)c1cc2n(c(=O)c1O)C(C)C1CCC(N(C)C(=O)C(=O)N(C)C)(CC1)C2. The Balaban J connectivity index is 1.98. The number of hydrogen-bond acceptors (Lipinski definition) is 5. The largest absolute Gasteiger partial charge is 0.502 e. The number of nitrogens with one attached hydrogen (secondary N) is 1. The van der Waals surface area contributed by atoms with E-state index in [9.17, 15) is 28.7 Å². The summed E-state index contributed by atoms with van der Waals surface area (Å²) in [6, 6.07) is 1.28. The highest BCUT2D eigenvalue weighted by atomic mass is 19.1. The average molecular weight is 529 g/mol.